The van der Waals surface area contributed by atoms with Gasteiger partial charge in [-0.1, -0.05) is 6.58 Å². The van der Waals surface area contributed by atoms with Crippen LogP contribution in [-0.4, -0.2) is 47.6 Å². The van der Waals surface area contributed by atoms with E-state index in [2.05, 4.69) is 26.4 Å². The minimum absolute atomic E-state index is 0.187. The number of carbonyl (C=O) groups excluding carboxylic acids is 1. The average Bonchev–Trinajstić information content (AvgIpc) is 2.44. The van der Waals surface area contributed by atoms with Gasteiger partial charge in [0.05, 0.1) is 12.8 Å². The molecule has 0 bridgehead atoms. The maximum Gasteiger partial charge on any atom is 0.343 e. The summed E-state index contributed by atoms with van der Waals surface area (Å²) in [6.07, 6.45) is 3.23. The second-order valence-electron chi connectivity index (χ2n) is 3.53. The Morgan fingerprint density at radius 1 is 1.47 bits per heavy atom. The molecule has 19 heavy (non-hydrogen) atoms. The Morgan fingerprint density at radius 3 is 2.68 bits per heavy atom. The maximum atomic E-state index is 10.9. The molecule has 0 aliphatic rings. The number of methoxy groups -OCH3 is 1. The van der Waals surface area contributed by atoms with Crippen molar-refractivity contribution < 1.29 is 14.3 Å². The third kappa shape index (κ3) is 4.74. The molecule has 1 aromatic heterocycles. The van der Waals surface area contributed by atoms with Crippen molar-refractivity contribution in [3.63, 3.8) is 0 Å². The molecule has 0 spiro atoms. The summed E-state index contributed by atoms with van der Waals surface area (Å²) < 4.78 is 9.56. The molecular weight excluding hydrogens is 248 g/mol. The minimum atomic E-state index is -0.470. The molecule has 0 unspecified atom stereocenters. The number of rotatable bonds is 5. The highest BCUT2D eigenvalue weighted by Crippen LogP contribution is 2.10. The van der Waals surface area contributed by atoms with E-state index >= 15 is 0 Å². The van der Waals surface area contributed by atoms with Crippen molar-refractivity contribution in [2.24, 2.45) is 5.10 Å². The van der Waals surface area contributed by atoms with E-state index < -0.39 is 5.97 Å². The largest absolute Gasteiger partial charge is 0.468 e. The molecule has 7 nitrogen and oxygen atoms in total. The number of hydrogen-bond acceptors (Lipinski definition) is 7. The van der Waals surface area contributed by atoms with Crippen LogP contribution in [-0.2, 0) is 14.3 Å². The Morgan fingerprint density at radius 2 is 2.11 bits per heavy atom. The number of hydrogen-bond donors (Lipinski definition) is 0. The van der Waals surface area contributed by atoms with E-state index in [0.717, 1.165) is 0 Å². The molecule has 0 saturated carbocycles. The SMILES string of the molecule is C=C(c1ncccn1)N(C)/N=C(\C)OCC(=O)OC. The first kappa shape index (κ1) is 14.6. The summed E-state index contributed by atoms with van der Waals surface area (Å²) in [6, 6.07) is 1.71. The Kier molecular flexibility index (Phi) is 5.46. The van der Waals surface area contributed by atoms with Gasteiger partial charge in [0.25, 0.3) is 0 Å². The number of nitrogens with zero attached hydrogens (tertiary/aromatic N) is 4. The summed E-state index contributed by atoms with van der Waals surface area (Å²) in [5.74, 6) is 0.307. The minimum Gasteiger partial charge on any atom is -0.468 e. The number of carbonyl (C=O) groups is 1. The van der Waals surface area contributed by atoms with Crippen LogP contribution in [0, 0.1) is 0 Å². The van der Waals surface area contributed by atoms with E-state index in [-0.39, 0.29) is 6.61 Å². The molecule has 1 rings (SSSR count). The third-order valence-electron chi connectivity index (χ3n) is 2.13. The normalized spacial score (nSPS) is 10.8. The van der Waals surface area contributed by atoms with Crippen LogP contribution in [0.4, 0.5) is 0 Å². The van der Waals surface area contributed by atoms with Gasteiger partial charge in [-0.3, -0.25) is 5.01 Å². The molecular formula is C12H16N4O3. The maximum absolute atomic E-state index is 10.9. The van der Waals surface area contributed by atoms with Crippen molar-refractivity contribution in [2.45, 2.75) is 6.92 Å². The van der Waals surface area contributed by atoms with Gasteiger partial charge in [0.1, 0.15) is 0 Å². The smallest absolute Gasteiger partial charge is 0.343 e. The Hall–Kier alpha value is -2.44. The predicted octanol–water partition coefficient (Wildman–Crippen LogP) is 0.902. The van der Waals surface area contributed by atoms with Gasteiger partial charge in [-0.05, 0) is 6.07 Å². The van der Waals surface area contributed by atoms with Crippen LogP contribution in [0.25, 0.3) is 5.70 Å². The van der Waals surface area contributed by atoms with E-state index in [1.54, 1.807) is 32.4 Å². The summed E-state index contributed by atoms with van der Waals surface area (Å²) in [4.78, 5) is 19.0. The van der Waals surface area contributed by atoms with E-state index in [1.165, 1.54) is 12.1 Å². The lowest BCUT2D eigenvalue weighted by molar-refractivity contribution is -0.143. The fourth-order valence-electron chi connectivity index (χ4n) is 1.12. The molecule has 0 aliphatic heterocycles. The topological polar surface area (TPSA) is 76.9 Å². The molecule has 0 radical (unpaired) electrons. The van der Waals surface area contributed by atoms with Crippen molar-refractivity contribution in [1.82, 2.24) is 15.0 Å². The number of hydrazone groups is 1. The van der Waals surface area contributed by atoms with Gasteiger partial charge in [-0.15, -0.1) is 5.10 Å². The molecule has 102 valence electrons. The Labute approximate surface area is 111 Å². The Balaban J connectivity index is 2.60. The van der Waals surface area contributed by atoms with Gasteiger partial charge in [0, 0.05) is 26.4 Å². The van der Waals surface area contributed by atoms with Gasteiger partial charge in [0.15, 0.2) is 12.4 Å². The van der Waals surface area contributed by atoms with Crippen LogP contribution in [0.2, 0.25) is 0 Å². The van der Waals surface area contributed by atoms with Crippen LogP contribution < -0.4 is 0 Å². The lowest BCUT2D eigenvalue weighted by Gasteiger charge is -2.15. The first-order chi connectivity index (χ1) is 9.04. The van der Waals surface area contributed by atoms with Gasteiger partial charge in [0.2, 0.25) is 5.90 Å². The lowest BCUT2D eigenvalue weighted by atomic mass is 10.4. The first-order valence-electron chi connectivity index (χ1n) is 5.49. The van der Waals surface area contributed by atoms with Crippen molar-refractivity contribution in [3.8, 4) is 0 Å². The third-order valence-corrected chi connectivity index (χ3v) is 2.13. The fourth-order valence-corrected chi connectivity index (χ4v) is 1.12. The first-order valence-corrected chi connectivity index (χ1v) is 5.49. The summed E-state index contributed by atoms with van der Waals surface area (Å²) in [6.45, 7) is 5.27. The van der Waals surface area contributed by atoms with Crippen molar-refractivity contribution >= 4 is 17.6 Å². The standard InChI is InChI=1S/C12H16N4O3/c1-9(12-13-6-5-7-14-12)16(3)15-10(2)19-8-11(17)18-4/h5-7H,1,8H2,2-4H3/b15-10+. The van der Waals surface area contributed by atoms with Gasteiger partial charge in [-0.2, -0.15) is 0 Å². The summed E-state index contributed by atoms with van der Waals surface area (Å²) in [5.41, 5.74) is 0.515. The number of ether oxygens (including phenoxy) is 2. The van der Waals surface area contributed by atoms with Crippen LogP contribution >= 0.6 is 0 Å². The summed E-state index contributed by atoms with van der Waals surface area (Å²) >= 11 is 0. The van der Waals surface area contributed by atoms with Gasteiger partial charge in [-0.25, -0.2) is 14.8 Å². The zero-order valence-electron chi connectivity index (χ0n) is 11.2. The van der Waals surface area contributed by atoms with E-state index in [0.29, 0.717) is 17.4 Å². The molecule has 0 aliphatic carbocycles. The zero-order valence-corrected chi connectivity index (χ0v) is 11.2. The van der Waals surface area contributed by atoms with Crippen LogP contribution in [0.3, 0.4) is 0 Å². The monoisotopic (exact) mass is 264 g/mol. The molecule has 0 saturated heterocycles. The van der Waals surface area contributed by atoms with Gasteiger partial charge >= 0.3 is 5.97 Å². The van der Waals surface area contributed by atoms with Crippen molar-refractivity contribution in [2.75, 3.05) is 20.8 Å². The lowest BCUT2D eigenvalue weighted by Crippen LogP contribution is -2.17. The van der Waals surface area contributed by atoms with E-state index in [4.69, 9.17) is 4.74 Å². The molecule has 0 atom stereocenters. The average molecular weight is 264 g/mol. The van der Waals surface area contributed by atoms with Crippen LogP contribution in [0.1, 0.15) is 12.7 Å². The highest BCUT2D eigenvalue weighted by atomic mass is 16.6. The molecule has 0 fully saturated rings. The molecule has 0 amide bonds. The van der Waals surface area contributed by atoms with Crippen molar-refractivity contribution in [3.05, 3.63) is 30.9 Å². The van der Waals surface area contributed by atoms with Crippen LogP contribution in [0.15, 0.2) is 30.1 Å². The molecule has 7 heteroatoms. The summed E-state index contributed by atoms with van der Waals surface area (Å²) in [7, 11) is 2.97. The second-order valence-corrected chi connectivity index (χ2v) is 3.53. The highest BCUT2D eigenvalue weighted by molar-refractivity contribution is 5.78. The number of esters is 1. The Bertz CT molecular complexity index is 473. The molecule has 1 heterocycles. The highest BCUT2D eigenvalue weighted by Gasteiger charge is 2.08. The fraction of sp³-hybridized carbons (Fsp3) is 0.333. The molecule has 0 N–H and O–H groups in total. The predicted molar refractivity (Wildman–Crippen MR) is 69.9 cm³/mol. The molecule has 1 aromatic rings. The summed E-state index contributed by atoms with van der Waals surface area (Å²) in [5, 5.41) is 5.57. The number of aromatic nitrogens is 2. The second kappa shape index (κ2) is 7.10. The quantitative estimate of drug-likeness (QED) is 0.340. The van der Waals surface area contributed by atoms with Gasteiger partial charge < -0.3 is 9.47 Å². The zero-order chi connectivity index (χ0) is 14.3. The van der Waals surface area contributed by atoms with Crippen molar-refractivity contribution in [1.29, 1.82) is 0 Å². The van der Waals surface area contributed by atoms with Crippen LogP contribution in [0.5, 0.6) is 0 Å². The van der Waals surface area contributed by atoms with E-state index in [1.807, 2.05) is 0 Å². The molecule has 0 aromatic carbocycles. The van der Waals surface area contributed by atoms with E-state index in [9.17, 15) is 4.79 Å².